The third-order valence-electron chi connectivity index (χ3n) is 4.13. The number of hydrogen-bond acceptors (Lipinski definition) is 4. The first-order valence-corrected chi connectivity index (χ1v) is 6.57. The number of furan rings is 1. The van der Waals surface area contributed by atoms with Gasteiger partial charge in [0.1, 0.15) is 5.76 Å². The molecule has 2 fully saturated rings. The molecule has 0 aromatic carbocycles. The molecule has 1 atom stereocenters. The van der Waals surface area contributed by atoms with E-state index in [0.717, 1.165) is 24.9 Å². The van der Waals surface area contributed by atoms with Gasteiger partial charge in [-0.3, -0.25) is 9.80 Å². The van der Waals surface area contributed by atoms with Crippen molar-refractivity contribution in [3.63, 3.8) is 0 Å². The highest BCUT2D eigenvalue weighted by molar-refractivity contribution is 5.04. The molecule has 0 saturated carbocycles. The van der Waals surface area contributed by atoms with E-state index in [9.17, 15) is 0 Å². The molecule has 4 nitrogen and oxygen atoms in total. The zero-order chi connectivity index (χ0) is 11.7. The smallest absolute Gasteiger partial charge is 0.120 e. The van der Waals surface area contributed by atoms with Crippen LogP contribution in [0.5, 0.6) is 0 Å². The van der Waals surface area contributed by atoms with Gasteiger partial charge in [-0.15, -0.1) is 0 Å². The number of hydrogen-bond donors (Lipinski definition) is 1. The molecule has 1 aromatic rings. The summed E-state index contributed by atoms with van der Waals surface area (Å²) in [6.07, 6.45) is 1.77. The average molecular weight is 235 g/mol. The lowest BCUT2D eigenvalue weighted by Crippen LogP contribution is -2.61. The Morgan fingerprint density at radius 1 is 1.29 bits per heavy atom. The predicted molar refractivity (Wildman–Crippen MR) is 66.9 cm³/mol. The summed E-state index contributed by atoms with van der Waals surface area (Å²) in [6, 6.07) is 5.25. The first-order chi connectivity index (χ1) is 8.34. The van der Waals surface area contributed by atoms with Crippen molar-refractivity contribution in [1.82, 2.24) is 15.1 Å². The van der Waals surface area contributed by atoms with E-state index >= 15 is 0 Å². The molecule has 2 aliphatic rings. The van der Waals surface area contributed by atoms with E-state index in [0.29, 0.717) is 6.04 Å². The SMILES string of the molecule is CC(c1ccco1)N1CCN(C2CNC2)CC1. The van der Waals surface area contributed by atoms with Crippen molar-refractivity contribution in [2.24, 2.45) is 0 Å². The van der Waals surface area contributed by atoms with Gasteiger partial charge in [-0.25, -0.2) is 0 Å². The minimum Gasteiger partial charge on any atom is -0.468 e. The Balaban J connectivity index is 1.54. The Labute approximate surface area is 103 Å². The molecule has 4 heteroatoms. The molecule has 2 aliphatic heterocycles. The zero-order valence-electron chi connectivity index (χ0n) is 10.4. The molecule has 0 radical (unpaired) electrons. The van der Waals surface area contributed by atoms with Crippen LogP contribution in [0.1, 0.15) is 18.7 Å². The fraction of sp³-hybridized carbons (Fsp3) is 0.692. The van der Waals surface area contributed by atoms with Gasteiger partial charge in [0.05, 0.1) is 12.3 Å². The molecule has 1 N–H and O–H groups in total. The van der Waals surface area contributed by atoms with Gasteiger partial charge in [0.15, 0.2) is 0 Å². The van der Waals surface area contributed by atoms with Crippen molar-refractivity contribution < 1.29 is 4.42 Å². The fourth-order valence-corrected chi connectivity index (χ4v) is 2.73. The second kappa shape index (κ2) is 4.80. The van der Waals surface area contributed by atoms with E-state index in [1.54, 1.807) is 6.26 Å². The third kappa shape index (κ3) is 2.25. The molecule has 0 bridgehead atoms. The Morgan fingerprint density at radius 3 is 2.59 bits per heavy atom. The van der Waals surface area contributed by atoms with Crippen LogP contribution in [0.15, 0.2) is 22.8 Å². The van der Waals surface area contributed by atoms with Crippen LogP contribution < -0.4 is 5.32 Å². The number of rotatable bonds is 3. The molecule has 2 saturated heterocycles. The summed E-state index contributed by atoms with van der Waals surface area (Å²) in [5.74, 6) is 1.09. The summed E-state index contributed by atoms with van der Waals surface area (Å²) in [5.41, 5.74) is 0. The van der Waals surface area contributed by atoms with Gasteiger partial charge in [0.25, 0.3) is 0 Å². The molecule has 0 spiro atoms. The Kier molecular flexibility index (Phi) is 3.18. The van der Waals surface area contributed by atoms with Crippen molar-refractivity contribution in [3.05, 3.63) is 24.2 Å². The Morgan fingerprint density at radius 2 is 2.06 bits per heavy atom. The van der Waals surface area contributed by atoms with E-state index in [1.807, 2.05) is 6.07 Å². The van der Waals surface area contributed by atoms with Crippen molar-refractivity contribution in [1.29, 1.82) is 0 Å². The number of piperazine rings is 1. The van der Waals surface area contributed by atoms with Gasteiger partial charge in [-0.05, 0) is 19.1 Å². The summed E-state index contributed by atoms with van der Waals surface area (Å²) >= 11 is 0. The molecule has 17 heavy (non-hydrogen) atoms. The highest BCUT2D eigenvalue weighted by atomic mass is 16.3. The highest BCUT2D eigenvalue weighted by Crippen LogP contribution is 2.22. The van der Waals surface area contributed by atoms with Crippen LogP contribution in [-0.2, 0) is 0 Å². The van der Waals surface area contributed by atoms with E-state index in [2.05, 4.69) is 28.1 Å². The zero-order valence-corrected chi connectivity index (χ0v) is 10.4. The standard InChI is InChI=1S/C13H21N3O/c1-11(13-3-2-8-17-13)15-4-6-16(7-5-15)12-9-14-10-12/h2-3,8,11-12,14H,4-7,9-10H2,1H3. The fourth-order valence-electron chi connectivity index (χ4n) is 2.73. The van der Waals surface area contributed by atoms with Crippen LogP contribution in [0.2, 0.25) is 0 Å². The summed E-state index contributed by atoms with van der Waals surface area (Å²) in [4.78, 5) is 5.13. The topological polar surface area (TPSA) is 31.7 Å². The van der Waals surface area contributed by atoms with E-state index in [1.165, 1.54) is 26.2 Å². The van der Waals surface area contributed by atoms with Crippen LogP contribution in [0, 0.1) is 0 Å². The summed E-state index contributed by atoms with van der Waals surface area (Å²) in [6.45, 7) is 9.27. The molecular weight excluding hydrogens is 214 g/mol. The van der Waals surface area contributed by atoms with E-state index < -0.39 is 0 Å². The first kappa shape index (κ1) is 11.3. The summed E-state index contributed by atoms with van der Waals surface area (Å²) in [5, 5.41) is 3.34. The minimum absolute atomic E-state index is 0.409. The van der Waals surface area contributed by atoms with Gasteiger partial charge in [-0.2, -0.15) is 0 Å². The maximum absolute atomic E-state index is 5.49. The third-order valence-corrected chi connectivity index (χ3v) is 4.13. The highest BCUT2D eigenvalue weighted by Gasteiger charge is 2.29. The predicted octanol–water partition coefficient (Wildman–Crippen LogP) is 0.930. The maximum atomic E-state index is 5.49. The van der Waals surface area contributed by atoms with Crippen molar-refractivity contribution in [3.8, 4) is 0 Å². The quantitative estimate of drug-likeness (QED) is 0.844. The molecule has 0 aliphatic carbocycles. The van der Waals surface area contributed by atoms with Gasteiger partial charge >= 0.3 is 0 Å². The number of nitrogens with one attached hydrogen (secondary N) is 1. The average Bonchev–Trinajstić information content (AvgIpc) is 2.80. The van der Waals surface area contributed by atoms with Crippen LogP contribution in [0.3, 0.4) is 0 Å². The lowest BCUT2D eigenvalue weighted by atomic mass is 10.1. The molecule has 94 valence electrons. The maximum Gasteiger partial charge on any atom is 0.120 e. The normalized spacial score (nSPS) is 25.7. The van der Waals surface area contributed by atoms with E-state index in [-0.39, 0.29) is 0 Å². The molecule has 3 rings (SSSR count). The van der Waals surface area contributed by atoms with Crippen molar-refractivity contribution >= 4 is 0 Å². The Bertz CT molecular complexity index is 340. The molecule has 3 heterocycles. The van der Waals surface area contributed by atoms with Crippen LogP contribution in [0.25, 0.3) is 0 Å². The molecular formula is C13H21N3O. The molecule has 1 unspecified atom stereocenters. The van der Waals surface area contributed by atoms with Crippen LogP contribution in [0.4, 0.5) is 0 Å². The number of nitrogens with zero attached hydrogens (tertiary/aromatic N) is 2. The van der Waals surface area contributed by atoms with Gasteiger partial charge in [-0.1, -0.05) is 0 Å². The van der Waals surface area contributed by atoms with E-state index in [4.69, 9.17) is 4.42 Å². The second-order valence-electron chi connectivity index (χ2n) is 5.08. The first-order valence-electron chi connectivity index (χ1n) is 6.57. The van der Waals surface area contributed by atoms with Gasteiger partial charge in [0, 0.05) is 45.3 Å². The van der Waals surface area contributed by atoms with Crippen molar-refractivity contribution in [2.45, 2.75) is 19.0 Å². The lowest BCUT2D eigenvalue weighted by Gasteiger charge is -2.44. The molecule has 0 amide bonds. The summed E-state index contributed by atoms with van der Waals surface area (Å²) in [7, 11) is 0. The minimum atomic E-state index is 0.409. The largest absolute Gasteiger partial charge is 0.468 e. The van der Waals surface area contributed by atoms with Crippen LogP contribution in [-0.4, -0.2) is 55.1 Å². The lowest BCUT2D eigenvalue weighted by molar-refractivity contribution is 0.0505. The summed E-state index contributed by atoms with van der Waals surface area (Å²) < 4.78 is 5.49. The second-order valence-corrected chi connectivity index (χ2v) is 5.08. The van der Waals surface area contributed by atoms with Crippen molar-refractivity contribution in [2.75, 3.05) is 39.3 Å². The molecule has 1 aromatic heterocycles. The van der Waals surface area contributed by atoms with Crippen LogP contribution >= 0.6 is 0 Å². The Hall–Kier alpha value is -0.840. The van der Waals surface area contributed by atoms with Gasteiger partial charge < -0.3 is 9.73 Å². The monoisotopic (exact) mass is 235 g/mol. The van der Waals surface area contributed by atoms with Gasteiger partial charge in [0.2, 0.25) is 0 Å².